The minimum atomic E-state index is -0.525. The van der Waals surface area contributed by atoms with Crippen LogP contribution >= 0.6 is 0 Å². The van der Waals surface area contributed by atoms with E-state index in [1.165, 1.54) is 4.90 Å². The predicted molar refractivity (Wildman–Crippen MR) is 90.9 cm³/mol. The van der Waals surface area contributed by atoms with E-state index in [4.69, 9.17) is 4.74 Å². The number of rotatable bonds is 2. The molecule has 1 aromatic rings. The van der Waals surface area contributed by atoms with Gasteiger partial charge in [0.25, 0.3) is 5.91 Å². The molecule has 0 N–H and O–H groups in total. The highest BCUT2D eigenvalue weighted by atomic mass is 16.6. The van der Waals surface area contributed by atoms with E-state index < -0.39 is 5.60 Å². The maximum atomic E-state index is 12.4. The molecule has 7 heteroatoms. The normalized spacial score (nSPS) is 14.8. The Labute approximate surface area is 143 Å². The van der Waals surface area contributed by atoms with Crippen LogP contribution in [0.3, 0.4) is 0 Å². The lowest BCUT2D eigenvalue weighted by Crippen LogP contribution is -2.36. The van der Waals surface area contributed by atoms with Crippen molar-refractivity contribution in [2.75, 3.05) is 20.6 Å². The fourth-order valence-corrected chi connectivity index (χ4v) is 2.80. The van der Waals surface area contributed by atoms with Crippen LogP contribution in [0.25, 0.3) is 0 Å². The van der Waals surface area contributed by atoms with Gasteiger partial charge in [-0.15, -0.1) is 0 Å². The number of hydrogen-bond acceptors (Lipinski definition) is 4. The van der Waals surface area contributed by atoms with Gasteiger partial charge in [0.2, 0.25) is 0 Å². The second-order valence-corrected chi connectivity index (χ2v) is 7.31. The van der Waals surface area contributed by atoms with E-state index in [2.05, 4.69) is 5.10 Å². The van der Waals surface area contributed by atoms with Crippen LogP contribution in [0.1, 0.15) is 55.9 Å². The Morgan fingerprint density at radius 2 is 1.92 bits per heavy atom. The van der Waals surface area contributed by atoms with E-state index in [1.54, 1.807) is 19.0 Å². The lowest BCUT2D eigenvalue weighted by atomic mass is 10.1. The van der Waals surface area contributed by atoms with Gasteiger partial charge >= 0.3 is 6.09 Å². The molecule has 0 spiro atoms. The Kier molecular flexibility index (Phi) is 5.20. The van der Waals surface area contributed by atoms with Crippen LogP contribution < -0.4 is 0 Å². The number of nitrogens with zero attached hydrogens (tertiary/aromatic N) is 4. The summed E-state index contributed by atoms with van der Waals surface area (Å²) in [4.78, 5) is 28.0. The van der Waals surface area contributed by atoms with Crippen LogP contribution in [0.4, 0.5) is 4.79 Å². The molecule has 0 saturated heterocycles. The molecule has 1 aliphatic rings. The summed E-state index contributed by atoms with van der Waals surface area (Å²) in [6.45, 7) is 9.33. The third kappa shape index (κ3) is 3.88. The second kappa shape index (κ2) is 6.83. The van der Waals surface area contributed by atoms with Crippen molar-refractivity contribution in [1.82, 2.24) is 19.6 Å². The fraction of sp³-hybridized carbons (Fsp3) is 0.706. The smallest absolute Gasteiger partial charge is 0.410 e. The number of aryl methyl sites for hydroxylation is 1. The van der Waals surface area contributed by atoms with Crippen LogP contribution in [-0.2, 0) is 24.2 Å². The molecule has 2 rings (SSSR count). The van der Waals surface area contributed by atoms with Gasteiger partial charge in [0.1, 0.15) is 5.60 Å². The SMILES string of the molecule is CCc1c(C(=O)N(C)C)nn2c1CN(C(=O)OC(C)(C)C)CCC2. The molecular weight excluding hydrogens is 308 g/mol. The summed E-state index contributed by atoms with van der Waals surface area (Å²) >= 11 is 0. The van der Waals surface area contributed by atoms with Crippen molar-refractivity contribution in [2.45, 2.75) is 59.2 Å². The summed E-state index contributed by atoms with van der Waals surface area (Å²) < 4.78 is 7.37. The minimum Gasteiger partial charge on any atom is -0.444 e. The maximum Gasteiger partial charge on any atom is 0.410 e. The van der Waals surface area contributed by atoms with E-state index in [9.17, 15) is 9.59 Å². The number of aromatic nitrogens is 2. The average Bonchev–Trinajstić information content (AvgIpc) is 2.67. The van der Waals surface area contributed by atoms with Crippen LogP contribution in [-0.4, -0.2) is 57.8 Å². The van der Waals surface area contributed by atoms with Gasteiger partial charge in [0.05, 0.1) is 12.2 Å². The van der Waals surface area contributed by atoms with Crippen molar-refractivity contribution in [1.29, 1.82) is 0 Å². The Morgan fingerprint density at radius 3 is 2.46 bits per heavy atom. The largest absolute Gasteiger partial charge is 0.444 e. The molecular formula is C17H28N4O3. The zero-order valence-corrected chi connectivity index (χ0v) is 15.5. The van der Waals surface area contributed by atoms with Crippen LogP contribution in [0.5, 0.6) is 0 Å². The van der Waals surface area contributed by atoms with Gasteiger partial charge in [-0.25, -0.2) is 4.79 Å². The third-order valence-electron chi connectivity index (χ3n) is 3.92. The molecule has 2 amide bonds. The summed E-state index contributed by atoms with van der Waals surface area (Å²) in [5.41, 5.74) is 1.82. The molecule has 2 heterocycles. The number of ether oxygens (including phenoxy) is 1. The first-order valence-corrected chi connectivity index (χ1v) is 8.42. The molecule has 0 fully saturated rings. The first-order valence-electron chi connectivity index (χ1n) is 8.42. The molecule has 1 aliphatic heterocycles. The second-order valence-electron chi connectivity index (χ2n) is 7.31. The summed E-state index contributed by atoms with van der Waals surface area (Å²) in [7, 11) is 3.44. The van der Waals surface area contributed by atoms with Crippen LogP contribution in [0, 0.1) is 0 Å². The molecule has 24 heavy (non-hydrogen) atoms. The van der Waals surface area contributed by atoms with E-state index in [0.717, 1.165) is 17.7 Å². The highest BCUT2D eigenvalue weighted by molar-refractivity contribution is 5.93. The first-order chi connectivity index (χ1) is 11.1. The van der Waals surface area contributed by atoms with Gasteiger partial charge in [-0.05, 0) is 33.6 Å². The van der Waals surface area contributed by atoms with Crippen LogP contribution in [0.15, 0.2) is 0 Å². The summed E-state index contributed by atoms with van der Waals surface area (Å²) in [6, 6.07) is 0. The van der Waals surface area contributed by atoms with Crippen molar-refractivity contribution < 1.29 is 14.3 Å². The fourth-order valence-electron chi connectivity index (χ4n) is 2.80. The maximum absolute atomic E-state index is 12.4. The Hall–Kier alpha value is -2.05. The molecule has 0 radical (unpaired) electrons. The van der Waals surface area contributed by atoms with Crippen LogP contribution in [0.2, 0.25) is 0 Å². The third-order valence-corrected chi connectivity index (χ3v) is 3.92. The van der Waals surface area contributed by atoms with Gasteiger partial charge in [0, 0.05) is 32.7 Å². The standard InChI is InChI=1S/C17H28N4O3/c1-7-12-13-11-20(16(23)24-17(2,3)4)9-8-10-21(13)18-14(12)15(22)19(5)6/h7-11H2,1-6H3. The zero-order chi connectivity index (χ0) is 18.1. The lowest BCUT2D eigenvalue weighted by Gasteiger charge is -2.26. The zero-order valence-electron chi connectivity index (χ0n) is 15.5. The molecule has 7 nitrogen and oxygen atoms in total. The molecule has 0 saturated carbocycles. The number of carbonyl (C=O) groups excluding carboxylic acids is 2. The van der Waals surface area contributed by atoms with Crippen molar-refractivity contribution in [3.63, 3.8) is 0 Å². The van der Waals surface area contributed by atoms with E-state index in [-0.39, 0.29) is 12.0 Å². The molecule has 0 aromatic carbocycles. The monoisotopic (exact) mass is 336 g/mol. The molecule has 1 aromatic heterocycles. The van der Waals surface area contributed by atoms with Crippen molar-refractivity contribution >= 4 is 12.0 Å². The molecule has 0 bridgehead atoms. The van der Waals surface area contributed by atoms with Gasteiger partial charge in [0.15, 0.2) is 5.69 Å². The van der Waals surface area contributed by atoms with E-state index in [0.29, 0.717) is 31.7 Å². The number of fused-ring (bicyclic) bond motifs is 1. The van der Waals surface area contributed by atoms with Crippen molar-refractivity contribution in [3.05, 3.63) is 17.0 Å². The lowest BCUT2D eigenvalue weighted by molar-refractivity contribution is 0.0236. The topological polar surface area (TPSA) is 67.7 Å². The Bertz CT molecular complexity index is 629. The number of hydrogen-bond donors (Lipinski definition) is 0. The highest BCUT2D eigenvalue weighted by Crippen LogP contribution is 2.23. The summed E-state index contributed by atoms with van der Waals surface area (Å²) in [5.74, 6) is -0.101. The molecule has 0 atom stereocenters. The van der Waals surface area contributed by atoms with Gasteiger partial charge < -0.3 is 14.5 Å². The average molecular weight is 336 g/mol. The molecule has 134 valence electrons. The Balaban J connectivity index is 2.32. The number of amides is 2. The highest BCUT2D eigenvalue weighted by Gasteiger charge is 2.29. The van der Waals surface area contributed by atoms with E-state index >= 15 is 0 Å². The van der Waals surface area contributed by atoms with Gasteiger partial charge in [-0.1, -0.05) is 6.92 Å². The molecule has 0 unspecified atom stereocenters. The Morgan fingerprint density at radius 1 is 1.25 bits per heavy atom. The minimum absolute atomic E-state index is 0.101. The van der Waals surface area contributed by atoms with Crippen molar-refractivity contribution in [2.24, 2.45) is 0 Å². The summed E-state index contributed by atoms with van der Waals surface area (Å²) in [6.07, 6.45) is 1.17. The quantitative estimate of drug-likeness (QED) is 0.831. The van der Waals surface area contributed by atoms with Crippen molar-refractivity contribution in [3.8, 4) is 0 Å². The first kappa shape index (κ1) is 18.3. The van der Waals surface area contributed by atoms with E-state index in [1.807, 2.05) is 32.4 Å². The number of carbonyl (C=O) groups is 2. The predicted octanol–water partition coefficient (Wildman–Crippen LogP) is 2.29. The van der Waals surface area contributed by atoms with Gasteiger partial charge in [-0.3, -0.25) is 9.48 Å². The summed E-state index contributed by atoms with van der Waals surface area (Å²) in [5, 5.41) is 4.52. The molecule has 0 aliphatic carbocycles. The van der Waals surface area contributed by atoms with Gasteiger partial charge in [-0.2, -0.15) is 5.10 Å².